The summed E-state index contributed by atoms with van der Waals surface area (Å²) in [7, 11) is 6.53. The molecule has 0 saturated heterocycles. The Balaban J connectivity index is -0.000000160. The van der Waals surface area contributed by atoms with Gasteiger partial charge in [-0.1, -0.05) is 91.0 Å². The molecule has 244 valence electrons. The predicted octanol–water partition coefficient (Wildman–Crippen LogP) is 6.56. The van der Waals surface area contributed by atoms with Crippen LogP contribution in [0.3, 0.4) is 0 Å². The zero-order valence-electron chi connectivity index (χ0n) is 24.9. The molecule has 9 nitrogen and oxygen atoms in total. The Kier molecular flexibility index (Phi) is 49.8. The molecule has 0 heterocycles. The van der Waals surface area contributed by atoms with E-state index >= 15 is 0 Å². The maximum absolute atomic E-state index is 10.4. The summed E-state index contributed by atoms with van der Waals surface area (Å²) in [5.74, 6) is 1.94. The van der Waals surface area contributed by atoms with E-state index in [4.69, 9.17) is 21.9 Å². The van der Waals surface area contributed by atoms with E-state index in [1.807, 2.05) is 78.8 Å². The predicted molar refractivity (Wildman–Crippen MR) is 170 cm³/mol. The van der Waals surface area contributed by atoms with Crippen molar-refractivity contribution < 1.29 is 74.8 Å². The van der Waals surface area contributed by atoms with Crippen LogP contribution in [0.1, 0.15) is 0 Å². The molecule has 0 aliphatic rings. The normalized spacial score (nSPS) is 8.93. The minimum Gasteiger partial charge on any atom is -0.780 e. The van der Waals surface area contributed by atoms with Crippen LogP contribution < -0.4 is 10.6 Å². The van der Waals surface area contributed by atoms with E-state index in [1.54, 1.807) is 42.7 Å². The SMILES string of the molecule is COP(OC)OC.COP(OC)OC.O=[C-]/C=C\P(c1ccccc1)c1ccccc1.[C-]#[O+].[C-]#[O+].[Co+2].[Co].[S-]c1ccccc1. The number of benzene rings is 3. The van der Waals surface area contributed by atoms with Gasteiger partial charge in [-0.15, -0.1) is 7.92 Å². The van der Waals surface area contributed by atoms with E-state index < -0.39 is 25.1 Å². The Hall–Kier alpha value is -1.17. The Morgan fingerprint density at radius 1 is 0.614 bits per heavy atom. The molecule has 3 aromatic rings. The molecule has 0 amide bonds. The number of allylic oxidation sites excluding steroid dienone is 1. The summed E-state index contributed by atoms with van der Waals surface area (Å²) in [4.78, 5) is 11.3. The fourth-order valence-electron chi connectivity index (χ4n) is 2.47. The first-order valence-electron chi connectivity index (χ1n) is 11.4. The quantitative estimate of drug-likeness (QED) is 0.0750. The molecule has 3 rings (SSSR count). The van der Waals surface area contributed by atoms with Crippen LogP contribution in [0.2, 0.25) is 0 Å². The molecule has 0 bridgehead atoms. The van der Waals surface area contributed by atoms with Gasteiger partial charge in [-0.2, -0.15) is 16.8 Å². The molecule has 0 atom stereocenters. The average molecular weight is 770 g/mol. The summed E-state index contributed by atoms with van der Waals surface area (Å²) >= 11 is 4.81. The first-order chi connectivity index (χ1) is 20.5. The van der Waals surface area contributed by atoms with Gasteiger partial charge in [-0.05, 0) is 16.9 Å². The molecule has 15 heteroatoms. The van der Waals surface area contributed by atoms with Crippen molar-refractivity contribution >= 4 is 54.7 Å². The molecule has 0 aromatic heterocycles. The van der Waals surface area contributed by atoms with Crippen molar-refractivity contribution in [2.75, 3.05) is 42.7 Å². The van der Waals surface area contributed by atoms with Gasteiger partial charge in [-0.3, -0.25) is 0 Å². The minimum absolute atomic E-state index is 0. The standard InChI is InChI=1S/C15H12OP.C6H6S.2C3H9O3P.2CO.2Co/c16-12-7-13-17(14-8-3-1-4-9-14)15-10-5-2-6-11-15;7-6-4-2-1-3-5-6;2*1-4-7(5-2)6-3;2*1-2;;/h1-11,13H;1-5,7H;2*1-3H3;;;;/q-1;;;;;;;+2/p-1/b13-7-;;;;;;;. The van der Waals surface area contributed by atoms with Crippen LogP contribution in [0, 0.1) is 13.3 Å². The van der Waals surface area contributed by atoms with Crippen LogP contribution in [0.15, 0.2) is 108 Å². The number of rotatable bonds is 10. The molecule has 0 saturated carbocycles. The van der Waals surface area contributed by atoms with Crippen molar-refractivity contribution in [2.45, 2.75) is 4.90 Å². The first-order valence-corrected chi connectivity index (χ1v) is 15.4. The summed E-state index contributed by atoms with van der Waals surface area (Å²) in [5.41, 5.74) is 0. The fourth-order valence-corrected chi connectivity index (χ4v) is 5.36. The van der Waals surface area contributed by atoms with Gasteiger partial charge < -0.3 is 44.6 Å². The van der Waals surface area contributed by atoms with Crippen LogP contribution in [-0.2, 0) is 87.4 Å². The molecule has 0 aliphatic carbocycles. The van der Waals surface area contributed by atoms with E-state index in [0.29, 0.717) is 0 Å². The van der Waals surface area contributed by atoms with Gasteiger partial charge in [0.25, 0.3) is 0 Å². The van der Waals surface area contributed by atoms with Gasteiger partial charge in [0.15, 0.2) is 0 Å². The number of hydrogen-bond donors (Lipinski definition) is 0. The van der Waals surface area contributed by atoms with Crippen molar-refractivity contribution in [1.29, 1.82) is 0 Å². The second-order valence-corrected chi connectivity index (χ2v) is 12.0. The summed E-state index contributed by atoms with van der Waals surface area (Å²) in [6, 6.07) is 30.1. The van der Waals surface area contributed by atoms with Gasteiger partial charge in [0.2, 0.25) is 0 Å². The minimum atomic E-state index is -1.05. The number of carbonyl (C=O) groups excluding carboxylic acids is 1. The van der Waals surface area contributed by atoms with E-state index in [-0.39, 0.29) is 33.6 Å². The van der Waals surface area contributed by atoms with Crippen molar-refractivity contribution in [3.05, 3.63) is 116 Å². The molecule has 2 radical (unpaired) electrons. The van der Waals surface area contributed by atoms with Gasteiger partial charge in [0, 0.05) is 59.4 Å². The van der Waals surface area contributed by atoms with E-state index in [0.717, 1.165) is 4.90 Å². The second-order valence-electron chi connectivity index (χ2n) is 6.33. The number of hydrogen-bond acceptors (Lipinski definition) is 8. The zero-order chi connectivity index (χ0) is 32.4. The van der Waals surface area contributed by atoms with Gasteiger partial charge in [0.05, 0.1) is 0 Å². The van der Waals surface area contributed by atoms with E-state index in [2.05, 4.69) is 64.7 Å². The summed E-state index contributed by atoms with van der Waals surface area (Å²) < 4.78 is 43.0. The molecule has 0 aliphatic heterocycles. The third-order valence-electron chi connectivity index (χ3n) is 4.00. The Labute approximate surface area is 291 Å². The Morgan fingerprint density at radius 2 is 0.886 bits per heavy atom. The van der Waals surface area contributed by atoms with Gasteiger partial charge >= 0.3 is 56.6 Å². The summed E-state index contributed by atoms with van der Waals surface area (Å²) in [6.45, 7) is 9.00. The van der Waals surface area contributed by atoms with Crippen LogP contribution in [0.25, 0.3) is 0 Å². The third-order valence-corrected chi connectivity index (χ3v) is 8.22. The van der Waals surface area contributed by atoms with Crippen molar-refractivity contribution in [3.8, 4) is 0 Å². The topological polar surface area (TPSA) is 112 Å². The maximum Gasteiger partial charge on any atom is 2.00 e. The molecule has 3 aromatic carbocycles. The molecule has 0 unspecified atom stereocenters. The van der Waals surface area contributed by atoms with Crippen LogP contribution in [0.4, 0.5) is 0 Å². The Bertz CT molecular complexity index is 980. The zero-order valence-corrected chi connectivity index (χ0v) is 30.5. The van der Waals surface area contributed by atoms with Crippen LogP contribution in [0.5, 0.6) is 0 Å². The molecular formula is C29H35Co2O9P3S. The second kappa shape index (κ2) is 41.8. The van der Waals surface area contributed by atoms with Crippen molar-refractivity contribution in [1.82, 2.24) is 0 Å². The van der Waals surface area contributed by atoms with Gasteiger partial charge in [-0.25, -0.2) is 0 Å². The first kappa shape index (κ1) is 52.4. The third kappa shape index (κ3) is 29.5. The van der Waals surface area contributed by atoms with Crippen molar-refractivity contribution in [2.24, 2.45) is 0 Å². The monoisotopic (exact) mass is 770 g/mol. The fraction of sp³-hybridized carbons (Fsp3) is 0.207. The molecular weight excluding hydrogens is 735 g/mol. The molecule has 0 spiro atoms. The molecule has 44 heavy (non-hydrogen) atoms. The maximum atomic E-state index is 10.4. The average Bonchev–Trinajstić information content (AvgIpc) is 3.07. The Morgan fingerprint density at radius 3 is 1.07 bits per heavy atom. The van der Waals surface area contributed by atoms with Crippen LogP contribution >= 0.6 is 25.1 Å². The smallest absolute Gasteiger partial charge is 0.780 e. The summed E-state index contributed by atoms with van der Waals surface area (Å²) in [6.07, 6.45) is 3.29. The van der Waals surface area contributed by atoms with E-state index in [9.17, 15) is 4.79 Å². The van der Waals surface area contributed by atoms with Gasteiger partial charge in [0.1, 0.15) is 0 Å². The van der Waals surface area contributed by atoms with Crippen molar-refractivity contribution in [3.63, 3.8) is 0 Å². The van der Waals surface area contributed by atoms with E-state index in [1.165, 1.54) is 16.7 Å². The summed E-state index contributed by atoms with van der Waals surface area (Å²) in [5, 5.41) is 2.47. The largest absolute Gasteiger partial charge is 2.00 e. The van der Waals surface area contributed by atoms with Crippen LogP contribution in [-0.4, -0.2) is 48.9 Å². The molecule has 0 fully saturated rings. The molecule has 0 N–H and O–H groups in total.